The molecule has 0 aliphatic heterocycles. The van der Waals surface area contributed by atoms with Crippen molar-refractivity contribution in [3.8, 4) is 0 Å². The molecule has 0 saturated carbocycles. The summed E-state index contributed by atoms with van der Waals surface area (Å²) in [5.74, 6) is -3.92. The molecule has 0 aliphatic rings. The van der Waals surface area contributed by atoms with E-state index in [2.05, 4.69) is 0 Å². The van der Waals surface area contributed by atoms with E-state index in [0.717, 1.165) is 0 Å². The maximum atomic E-state index is 9.63. The predicted molar refractivity (Wildman–Crippen MR) is 43.1 cm³/mol. The smallest absolute Gasteiger partial charge is 0.810 e. The molecule has 14 heteroatoms. The minimum absolute atomic E-state index is 0. The summed E-state index contributed by atoms with van der Waals surface area (Å²) in [6.45, 7) is 0. The number of carboxylic acids is 2. The summed E-state index contributed by atoms with van der Waals surface area (Å²) in [4.78, 5) is 18.8. The van der Waals surface area contributed by atoms with Crippen LogP contribution in [0.3, 0.4) is 0 Å². The number of hydrogen-bond donors (Lipinski definition) is 2. The molecule has 0 radical (unpaired) electrons. The number of aliphatic carboxylic acids is 2. The Bertz CT molecular complexity index is 487. The maximum absolute atomic E-state index is 9.63. The van der Waals surface area contributed by atoms with Gasteiger partial charge < -0.3 is 20.4 Å². The van der Waals surface area contributed by atoms with Gasteiger partial charge in [0.1, 0.15) is 0 Å². The van der Waals surface area contributed by atoms with Crippen molar-refractivity contribution in [1.29, 1.82) is 0 Å². The van der Waals surface area contributed by atoms with Crippen LogP contribution in [-0.2, 0) is 30.2 Å². The van der Waals surface area contributed by atoms with Crippen LogP contribution in [0.15, 0.2) is 0 Å². The average Bonchev–Trinajstić information content (AvgIpc) is 2.15. The van der Waals surface area contributed by atoms with E-state index in [4.69, 9.17) is 10.2 Å². The first kappa shape index (κ1) is 26.7. The Labute approximate surface area is 147 Å². The van der Waals surface area contributed by atoms with E-state index in [-0.39, 0.29) is 59.1 Å². The molecule has 92 valence electrons. The summed E-state index contributed by atoms with van der Waals surface area (Å²) in [6.07, 6.45) is 0. The second-order valence-electron chi connectivity index (χ2n) is 1.65. The fourth-order valence-corrected chi connectivity index (χ4v) is 0.428. The van der Waals surface area contributed by atoms with Crippen LogP contribution < -0.4 is 69.3 Å². The summed E-state index contributed by atoms with van der Waals surface area (Å²) in [7, 11) is -6.26. The van der Waals surface area contributed by atoms with Gasteiger partial charge in [0.2, 0.25) is 20.6 Å². The monoisotopic (exact) mass is 320 g/mol. The number of hydrogen-bond acceptors (Lipinski definition) is 8. The summed E-state index contributed by atoms with van der Waals surface area (Å²) < 4.78 is 37.6. The maximum Gasteiger partial charge on any atom is 1.00 e. The molecule has 0 heterocycles. The number of carbonyl (C=O) groups is 2. The fraction of sp³-hybridized carbons (Fsp3) is 0. The van der Waals surface area contributed by atoms with Crippen LogP contribution >= 0.6 is 0 Å². The molecular weight excluding hydrogens is 318 g/mol. The van der Waals surface area contributed by atoms with E-state index in [1.54, 1.807) is 0 Å². The van der Waals surface area contributed by atoms with Gasteiger partial charge in [-0.3, -0.25) is 0 Å². The molecule has 0 aliphatic carbocycles. The first-order valence-electron chi connectivity index (χ1n) is 2.84. The van der Waals surface area contributed by atoms with Crippen molar-refractivity contribution >= 4 is 42.6 Å². The van der Waals surface area contributed by atoms with Crippen LogP contribution in [0.4, 0.5) is 0 Å². The second kappa shape index (κ2) is 13.7. The van der Waals surface area contributed by atoms with E-state index in [1.807, 2.05) is 0 Å². The molecular formula is C4H2Na2O10S2. The summed E-state index contributed by atoms with van der Waals surface area (Å²) >= 11 is 0. The van der Waals surface area contributed by atoms with Crippen LogP contribution in [0.5, 0.6) is 0 Å². The van der Waals surface area contributed by atoms with Crippen LogP contribution in [-0.4, -0.2) is 49.1 Å². The minimum atomic E-state index is -3.13. The Kier molecular flexibility index (Phi) is 20.3. The Morgan fingerprint density at radius 1 is 0.722 bits per heavy atom. The van der Waals surface area contributed by atoms with Gasteiger partial charge in [-0.15, -0.1) is 0 Å². The van der Waals surface area contributed by atoms with Gasteiger partial charge in [-0.05, 0) is 0 Å². The topological polar surface area (TPSA) is 189 Å². The molecule has 0 aromatic rings. The zero-order valence-corrected chi connectivity index (χ0v) is 14.6. The van der Waals surface area contributed by atoms with Gasteiger partial charge in [0.15, 0.2) is 0 Å². The predicted octanol–water partition coefficient (Wildman–Crippen LogP) is -11.1. The first-order chi connectivity index (χ1) is 7.11. The zero-order chi connectivity index (χ0) is 13.5. The SMILES string of the molecule is O=C(O)C([O-])=S(=O)=O.O=C(O)C([O-])=S(=O)=O.[Na+].[Na+]. The van der Waals surface area contributed by atoms with Gasteiger partial charge >= 0.3 is 71.1 Å². The molecule has 10 nitrogen and oxygen atoms in total. The largest absolute Gasteiger partial charge is 1.00 e. The van der Waals surface area contributed by atoms with Crippen LogP contribution in [0.25, 0.3) is 0 Å². The third-order valence-electron chi connectivity index (χ3n) is 0.652. The molecule has 0 atom stereocenters. The molecule has 18 heavy (non-hydrogen) atoms. The van der Waals surface area contributed by atoms with Crippen LogP contribution in [0.2, 0.25) is 0 Å². The van der Waals surface area contributed by atoms with Crippen molar-refractivity contribution in [2.45, 2.75) is 0 Å². The zero-order valence-electron chi connectivity index (χ0n) is 8.98. The molecule has 0 aromatic heterocycles. The van der Waals surface area contributed by atoms with Crippen molar-refractivity contribution in [3.63, 3.8) is 0 Å². The van der Waals surface area contributed by atoms with Crippen LogP contribution in [0, 0.1) is 0 Å². The molecule has 0 amide bonds. The van der Waals surface area contributed by atoms with Crippen molar-refractivity contribution < 1.29 is 106 Å². The minimum Gasteiger partial charge on any atom is -0.810 e. The molecule has 0 aromatic carbocycles. The average molecular weight is 320 g/mol. The van der Waals surface area contributed by atoms with E-state index in [0.29, 0.717) is 0 Å². The molecule has 0 unspecified atom stereocenters. The van der Waals surface area contributed by atoms with E-state index >= 15 is 0 Å². The number of carboxylic acid groups (broad SMARTS) is 2. The second-order valence-corrected chi connectivity index (χ2v) is 3.34. The third-order valence-corrected chi connectivity index (χ3v) is 1.61. The Hall–Kier alpha value is 0.240. The Morgan fingerprint density at radius 3 is 0.889 bits per heavy atom. The van der Waals surface area contributed by atoms with Crippen molar-refractivity contribution in [2.75, 3.05) is 0 Å². The summed E-state index contributed by atoms with van der Waals surface area (Å²) in [5.41, 5.74) is 0. The van der Waals surface area contributed by atoms with Gasteiger partial charge in [0.25, 0.3) is 0 Å². The molecule has 0 fully saturated rings. The van der Waals surface area contributed by atoms with E-state index in [9.17, 15) is 36.6 Å². The standard InChI is InChI=1S/2C2H2O5S.2Na/c2*3-1(4)2(5)8(6)7;;/h2*5H,(H,3,4);;/q;;2*+1/p-2. The summed E-state index contributed by atoms with van der Waals surface area (Å²) in [6, 6.07) is 0. The fourth-order valence-electron chi connectivity index (χ4n) is 0.143. The molecule has 0 saturated heterocycles. The Morgan fingerprint density at radius 2 is 0.889 bits per heavy atom. The normalized spacial score (nSPS) is 7.22. The van der Waals surface area contributed by atoms with Gasteiger partial charge in [-0.1, -0.05) is 0 Å². The summed E-state index contributed by atoms with van der Waals surface area (Å²) in [5, 5.41) is 30.9. The van der Waals surface area contributed by atoms with E-state index in [1.165, 1.54) is 0 Å². The van der Waals surface area contributed by atoms with Crippen molar-refractivity contribution in [3.05, 3.63) is 0 Å². The van der Waals surface area contributed by atoms with Crippen molar-refractivity contribution in [1.82, 2.24) is 0 Å². The molecule has 0 rings (SSSR count). The number of rotatable bonds is 0. The van der Waals surface area contributed by atoms with Crippen molar-refractivity contribution in [2.24, 2.45) is 0 Å². The van der Waals surface area contributed by atoms with Crippen LogP contribution in [0.1, 0.15) is 0 Å². The molecule has 0 bridgehead atoms. The first-order valence-corrected chi connectivity index (χ1v) is 4.99. The van der Waals surface area contributed by atoms with Gasteiger partial charge in [0, 0.05) is 0 Å². The quantitative estimate of drug-likeness (QED) is 0.320. The van der Waals surface area contributed by atoms with Gasteiger partial charge in [0.05, 0.1) is 10.1 Å². The van der Waals surface area contributed by atoms with Gasteiger partial charge in [-0.2, -0.15) is 16.8 Å². The third kappa shape index (κ3) is 14.3. The Balaban J connectivity index is -0.0000000980. The molecule has 0 spiro atoms. The van der Waals surface area contributed by atoms with Gasteiger partial charge in [-0.25, -0.2) is 9.59 Å². The molecule has 2 N–H and O–H groups in total. The van der Waals surface area contributed by atoms with E-state index < -0.39 is 42.6 Å².